The highest BCUT2D eigenvalue weighted by molar-refractivity contribution is 5.14. The molecule has 0 unspecified atom stereocenters. The lowest BCUT2D eigenvalue weighted by Gasteiger charge is -2.36. The fourth-order valence-electron chi connectivity index (χ4n) is 2.15. The number of likely N-dealkylation sites (tertiary alicyclic amines) is 1. The Hall–Kier alpha value is -1.79. The van der Waals surface area contributed by atoms with Crippen LogP contribution in [0.3, 0.4) is 0 Å². The van der Waals surface area contributed by atoms with E-state index in [0.717, 1.165) is 25.5 Å². The Kier molecular flexibility index (Phi) is 3.04. The van der Waals surface area contributed by atoms with Crippen LogP contribution in [0.25, 0.3) is 0 Å². The van der Waals surface area contributed by atoms with Crippen LogP contribution in [0.5, 0.6) is 0 Å². The van der Waals surface area contributed by atoms with Crippen molar-refractivity contribution in [3.63, 3.8) is 0 Å². The third kappa shape index (κ3) is 2.39. The van der Waals surface area contributed by atoms with Crippen molar-refractivity contribution in [2.75, 3.05) is 13.1 Å². The first-order valence-electron chi connectivity index (χ1n) is 6.08. The van der Waals surface area contributed by atoms with E-state index in [9.17, 15) is 0 Å². The Morgan fingerprint density at radius 1 is 1.17 bits per heavy atom. The highest BCUT2D eigenvalue weighted by Crippen LogP contribution is 2.10. The van der Waals surface area contributed by atoms with Crippen molar-refractivity contribution in [1.29, 1.82) is 0 Å². The molecule has 1 aromatic heterocycles. The van der Waals surface area contributed by atoms with Gasteiger partial charge in [0.2, 0.25) is 0 Å². The molecule has 1 aromatic carbocycles. The average Bonchev–Trinajstić information content (AvgIpc) is 2.76. The van der Waals surface area contributed by atoms with Gasteiger partial charge in [-0.05, 0) is 16.0 Å². The maximum Gasteiger partial charge on any atom is 0.165 e. The van der Waals surface area contributed by atoms with Crippen LogP contribution in [0.2, 0.25) is 0 Å². The largest absolute Gasteiger partial charge is 0.325 e. The second kappa shape index (κ2) is 4.83. The third-order valence-electron chi connectivity index (χ3n) is 3.13. The zero-order valence-corrected chi connectivity index (χ0v) is 10.1. The fraction of sp³-hybridized carbons (Fsp3) is 0.417. The van der Waals surface area contributed by atoms with E-state index < -0.39 is 0 Å². The first-order chi connectivity index (χ1) is 8.81. The molecule has 6 heteroatoms. The van der Waals surface area contributed by atoms with E-state index in [1.807, 2.05) is 22.9 Å². The van der Waals surface area contributed by atoms with Crippen LogP contribution in [0.4, 0.5) is 0 Å². The number of tetrazole rings is 1. The minimum absolute atomic E-state index is 0.309. The van der Waals surface area contributed by atoms with E-state index in [4.69, 9.17) is 5.73 Å². The molecule has 18 heavy (non-hydrogen) atoms. The lowest BCUT2D eigenvalue weighted by molar-refractivity contribution is 0.136. The number of rotatable bonds is 4. The number of nitrogens with two attached hydrogens (primary N) is 1. The summed E-state index contributed by atoms with van der Waals surface area (Å²) in [7, 11) is 0. The summed E-state index contributed by atoms with van der Waals surface area (Å²) < 4.78 is 1.85. The molecule has 0 spiro atoms. The molecule has 1 aliphatic rings. The first-order valence-corrected chi connectivity index (χ1v) is 6.08. The van der Waals surface area contributed by atoms with Gasteiger partial charge in [0.1, 0.15) is 0 Å². The third-order valence-corrected chi connectivity index (χ3v) is 3.13. The van der Waals surface area contributed by atoms with Gasteiger partial charge in [0.15, 0.2) is 5.82 Å². The molecular formula is C12H16N6. The van der Waals surface area contributed by atoms with Gasteiger partial charge in [-0.1, -0.05) is 30.3 Å². The Morgan fingerprint density at radius 3 is 2.67 bits per heavy atom. The zero-order valence-electron chi connectivity index (χ0n) is 10.1. The number of benzene rings is 1. The van der Waals surface area contributed by atoms with Crippen molar-refractivity contribution < 1.29 is 0 Å². The molecule has 0 bridgehead atoms. The smallest absolute Gasteiger partial charge is 0.165 e. The van der Waals surface area contributed by atoms with Crippen molar-refractivity contribution in [3.8, 4) is 0 Å². The molecular weight excluding hydrogens is 228 g/mol. The Labute approximate surface area is 105 Å². The molecule has 2 aromatic rings. The average molecular weight is 244 g/mol. The second-order valence-corrected chi connectivity index (χ2v) is 4.69. The number of nitrogens with zero attached hydrogens (tertiary/aromatic N) is 5. The van der Waals surface area contributed by atoms with Crippen molar-refractivity contribution in [1.82, 2.24) is 25.1 Å². The predicted molar refractivity (Wildman–Crippen MR) is 66.6 cm³/mol. The SMILES string of the molecule is NC1CN(Cc2nnnn2Cc2ccccc2)C1. The van der Waals surface area contributed by atoms with E-state index in [2.05, 4.69) is 32.6 Å². The molecule has 0 aliphatic carbocycles. The lowest BCUT2D eigenvalue weighted by Crippen LogP contribution is -2.55. The molecule has 3 rings (SSSR count). The lowest BCUT2D eigenvalue weighted by atomic mass is 10.1. The van der Waals surface area contributed by atoms with Gasteiger partial charge in [0.25, 0.3) is 0 Å². The maximum absolute atomic E-state index is 5.76. The van der Waals surface area contributed by atoms with Gasteiger partial charge in [-0.15, -0.1) is 5.10 Å². The molecule has 0 atom stereocenters. The van der Waals surface area contributed by atoms with Crippen LogP contribution in [-0.2, 0) is 13.1 Å². The quantitative estimate of drug-likeness (QED) is 0.810. The van der Waals surface area contributed by atoms with Crippen LogP contribution in [0.1, 0.15) is 11.4 Å². The minimum atomic E-state index is 0.309. The fourth-order valence-corrected chi connectivity index (χ4v) is 2.15. The van der Waals surface area contributed by atoms with Crippen LogP contribution in [0.15, 0.2) is 30.3 Å². The topological polar surface area (TPSA) is 72.9 Å². The van der Waals surface area contributed by atoms with Crippen molar-refractivity contribution >= 4 is 0 Å². The van der Waals surface area contributed by atoms with E-state index in [-0.39, 0.29) is 0 Å². The Morgan fingerprint density at radius 2 is 1.94 bits per heavy atom. The standard InChI is InChI=1S/C12H16N6/c13-11-7-17(8-11)9-12-14-15-16-18(12)6-10-4-2-1-3-5-10/h1-5,11H,6-9,13H2. The molecule has 1 aliphatic heterocycles. The predicted octanol–water partition coefficient (Wildman–Crippen LogP) is -0.136. The summed E-state index contributed by atoms with van der Waals surface area (Å²) in [5, 5.41) is 11.9. The van der Waals surface area contributed by atoms with Crippen LogP contribution in [0, 0.1) is 0 Å². The second-order valence-electron chi connectivity index (χ2n) is 4.69. The van der Waals surface area contributed by atoms with Gasteiger partial charge in [0.05, 0.1) is 13.1 Å². The monoisotopic (exact) mass is 244 g/mol. The van der Waals surface area contributed by atoms with E-state index in [0.29, 0.717) is 12.6 Å². The van der Waals surface area contributed by atoms with Crippen LogP contribution in [-0.4, -0.2) is 44.2 Å². The van der Waals surface area contributed by atoms with Crippen LogP contribution < -0.4 is 5.73 Å². The van der Waals surface area contributed by atoms with Gasteiger partial charge in [-0.3, -0.25) is 4.90 Å². The summed E-state index contributed by atoms with van der Waals surface area (Å²) in [5.41, 5.74) is 6.96. The van der Waals surface area contributed by atoms with Crippen molar-refractivity contribution in [3.05, 3.63) is 41.7 Å². The number of hydrogen-bond acceptors (Lipinski definition) is 5. The summed E-state index contributed by atoms with van der Waals surface area (Å²) in [4.78, 5) is 2.25. The maximum atomic E-state index is 5.76. The van der Waals surface area contributed by atoms with Gasteiger partial charge in [0, 0.05) is 19.1 Å². The summed E-state index contributed by atoms with van der Waals surface area (Å²) in [6.07, 6.45) is 0. The zero-order chi connectivity index (χ0) is 12.4. The van der Waals surface area contributed by atoms with Gasteiger partial charge in [-0.2, -0.15) is 0 Å². The van der Waals surface area contributed by atoms with Gasteiger partial charge >= 0.3 is 0 Å². The van der Waals surface area contributed by atoms with Gasteiger partial charge < -0.3 is 5.73 Å². The Balaban J connectivity index is 1.68. The van der Waals surface area contributed by atoms with E-state index in [1.54, 1.807) is 0 Å². The molecule has 1 fully saturated rings. The van der Waals surface area contributed by atoms with Crippen LogP contribution >= 0.6 is 0 Å². The normalized spacial score (nSPS) is 16.7. The molecule has 2 N–H and O–H groups in total. The summed E-state index contributed by atoms with van der Waals surface area (Å²) in [6, 6.07) is 10.5. The minimum Gasteiger partial charge on any atom is -0.325 e. The number of aromatic nitrogens is 4. The summed E-state index contributed by atoms with van der Waals surface area (Å²) in [5.74, 6) is 0.894. The molecule has 0 saturated carbocycles. The highest BCUT2D eigenvalue weighted by atomic mass is 15.5. The van der Waals surface area contributed by atoms with Crippen molar-refractivity contribution in [2.45, 2.75) is 19.1 Å². The molecule has 1 saturated heterocycles. The molecule has 6 nitrogen and oxygen atoms in total. The summed E-state index contributed by atoms with van der Waals surface area (Å²) in [6.45, 7) is 3.34. The molecule has 0 radical (unpaired) electrons. The number of hydrogen-bond donors (Lipinski definition) is 1. The molecule has 94 valence electrons. The van der Waals surface area contributed by atoms with E-state index >= 15 is 0 Å². The van der Waals surface area contributed by atoms with Crippen molar-refractivity contribution in [2.24, 2.45) is 5.73 Å². The van der Waals surface area contributed by atoms with Gasteiger partial charge in [-0.25, -0.2) is 4.68 Å². The summed E-state index contributed by atoms with van der Waals surface area (Å²) >= 11 is 0. The van der Waals surface area contributed by atoms with E-state index in [1.165, 1.54) is 5.56 Å². The molecule has 0 amide bonds. The Bertz CT molecular complexity index is 502. The highest BCUT2D eigenvalue weighted by Gasteiger charge is 2.24. The molecule has 2 heterocycles. The first kappa shape index (κ1) is 11.3.